The number of nitrogens with zero attached hydrogens (tertiary/aromatic N) is 3. The van der Waals surface area contributed by atoms with E-state index >= 15 is 0 Å². The fraction of sp³-hybridized carbons (Fsp3) is 0.381. The normalized spacial score (nSPS) is 18.2. The van der Waals surface area contributed by atoms with Gasteiger partial charge < -0.3 is 20.4 Å². The van der Waals surface area contributed by atoms with E-state index in [1.54, 1.807) is 18.2 Å². The first-order valence-electron chi connectivity index (χ1n) is 9.28. The fourth-order valence-electron chi connectivity index (χ4n) is 3.66. The van der Waals surface area contributed by atoms with Crippen molar-refractivity contribution in [2.75, 3.05) is 54.8 Å². The summed E-state index contributed by atoms with van der Waals surface area (Å²) in [6.45, 7) is 12.6. The predicted molar refractivity (Wildman–Crippen MR) is 110 cm³/mol. The van der Waals surface area contributed by atoms with Gasteiger partial charge in [0, 0.05) is 50.5 Å². The molecule has 0 atom stereocenters. The Bertz CT molecular complexity index is 711. The van der Waals surface area contributed by atoms with Crippen LogP contribution in [0.1, 0.15) is 12.8 Å². The highest BCUT2D eigenvalue weighted by Crippen LogP contribution is 2.31. The van der Waals surface area contributed by atoms with Crippen molar-refractivity contribution in [3.05, 3.63) is 55.2 Å². The molecule has 0 aromatic heterocycles. The van der Waals surface area contributed by atoms with Crippen LogP contribution in [0.5, 0.6) is 0 Å². The smallest absolute Gasteiger partial charge is 0.253 e. The zero-order valence-electron chi connectivity index (χ0n) is 15.4. The van der Waals surface area contributed by atoms with Gasteiger partial charge in [0.05, 0.1) is 11.4 Å². The predicted octanol–water partition coefficient (Wildman–Crippen LogP) is 2.82. The Labute approximate surface area is 156 Å². The molecule has 1 amide bonds. The van der Waals surface area contributed by atoms with E-state index in [0.717, 1.165) is 37.6 Å². The van der Waals surface area contributed by atoms with E-state index in [0.29, 0.717) is 18.7 Å². The highest BCUT2D eigenvalue weighted by Gasteiger charge is 2.23. The maximum atomic E-state index is 12.5. The number of rotatable bonds is 5. The number of anilines is 3. The summed E-state index contributed by atoms with van der Waals surface area (Å²) in [5.41, 5.74) is 9.96. The van der Waals surface area contributed by atoms with E-state index in [4.69, 9.17) is 5.73 Å². The molecule has 2 heterocycles. The van der Waals surface area contributed by atoms with Crippen LogP contribution in [0.2, 0.25) is 0 Å². The number of carbonyl (C=O) groups excluding carboxylic acids is 1. The van der Waals surface area contributed by atoms with Gasteiger partial charge in [-0.05, 0) is 31.0 Å². The average Bonchev–Trinajstić information content (AvgIpc) is 3.20. The Balaban J connectivity index is 1.67. The lowest BCUT2D eigenvalue weighted by Gasteiger charge is -2.36. The zero-order valence-corrected chi connectivity index (χ0v) is 15.4. The molecule has 2 saturated heterocycles. The van der Waals surface area contributed by atoms with E-state index in [9.17, 15) is 4.79 Å². The van der Waals surface area contributed by atoms with Gasteiger partial charge in [-0.2, -0.15) is 0 Å². The SMILES string of the molecule is C=C/C=C(\C=C)C(=O)N1CCN(c2ccc(N)c(N3CCCC3)c2)CC1. The van der Waals surface area contributed by atoms with Gasteiger partial charge in [0.25, 0.3) is 5.91 Å². The van der Waals surface area contributed by atoms with Crippen LogP contribution in [0.15, 0.2) is 55.2 Å². The minimum absolute atomic E-state index is 0.0228. The van der Waals surface area contributed by atoms with Gasteiger partial charge in [0.1, 0.15) is 0 Å². The van der Waals surface area contributed by atoms with Crippen LogP contribution in [-0.2, 0) is 4.79 Å². The number of piperazine rings is 1. The second-order valence-electron chi connectivity index (χ2n) is 6.78. The monoisotopic (exact) mass is 352 g/mol. The third-order valence-corrected chi connectivity index (χ3v) is 5.16. The minimum atomic E-state index is 0.0228. The Morgan fingerprint density at radius 1 is 1.00 bits per heavy atom. The largest absolute Gasteiger partial charge is 0.397 e. The Kier molecular flexibility index (Phi) is 5.66. The second kappa shape index (κ2) is 8.13. The van der Waals surface area contributed by atoms with Gasteiger partial charge in [-0.15, -0.1) is 0 Å². The maximum Gasteiger partial charge on any atom is 0.253 e. The molecule has 5 nitrogen and oxygen atoms in total. The standard InChI is InChI=1S/C21H28N4O/c1-3-7-17(4-2)21(26)25-14-12-23(13-15-25)18-8-9-19(22)20(16-18)24-10-5-6-11-24/h3-4,7-9,16H,1-2,5-6,10-15,22H2/b17-7+. The Hall–Kier alpha value is -2.69. The summed E-state index contributed by atoms with van der Waals surface area (Å²) in [5, 5.41) is 0. The lowest BCUT2D eigenvalue weighted by atomic mass is 10.1. The van der Waals surface area contributed by atoms with Gasteiger partial charge in [0.15, 0.2) is 0 Å². The van der Waals surface area contributed by atoms with Gasteiger partial charge >= 0.3 is 0 Å². The number of amides is 1. The third kappa shape index (κ3) is 3.77. The molecule has 0 radical (unpaired) electrons. The first-order chi connectivity index (χ1) is 12.6. The number of allylic oxidation sites excluding steroid dienone is 2. The summed E-state index contributed by atoms with van der Waals surface area (Å²) >= 11 is 0. The fourth-order valence-corrected chi connectivity index (χ4v) is 3.66. The van der Waals surface area contributed by atoms with E-state index in [1.165, 1.54) is 18.5 Å². The van der Waals surface area contributed by atoms with Crippen molar-refractivity contribution in [2.45, 2.75) is 12.8 Å². The summed E-state index contributed by atoms with van der Waals surface area (Å²) in [6.07, 6.45) is 7.39. The molecule has 5 heteroatoms. The van der Waals surface area contributed by atoms with Crippen molar-refractivity contribution in [3.63, 3.8) is 0 Å². The molecule has 26 heavy (non-hydrogen) atoms. The Morgan fingerprint density at radius 3 is 2.31 bits per heavy atom. The van der Waals surface area contributed by atoms with Crippen molar-refractivity contribution in [3.8, 4) is 0 Å². The maximum absolute atomic E-state index is 12.5. The molecule has 3 rings (SSSR count). The van der Waals surface area contributed by atoms with Gasteiger partial charge in [0.2, 0.25) is 0 Å². The number of hydrogen-bond acceptors (Lipinski definition) is 4. The zero-order chi connectivity index (χ0) is 18.5. The van der Waals surface area contributed by atoms with Crippen LogP contribution in [-0.4, -0.2) is 50.1 Å². The molecule has 0 spiro atoms. The van der Waals surface area contributed by atoms with Crippen molar-refractivity contribution in [1.82, 2.24) is 4.90 Å². The van der Waals surface area contributed by atoms with Crippen LogP contribution in [0.25, 0.3) is 0 Å². The van der Waals surface area contributed by atoms with Crippen LogP contribution >= 0.6 is 0 Å². The number of benzene rings is 1. The van der Waals surface area contributed by atoms with Gasteiger partial charge in [-0.25, -0.2) is 0 Å². The first-order valence-corrected chi connectivity index (χ1v) is 9.28. The number of nitrogens with two attached hydrogens (primary N) is 1. The lowest BCUT2D eigenvalue weighted by molar-refractivity contribution is -0.127. The van der Waals surface area contributed by atoms with Gasteiger partial charge in [-0.1, -0.05) is 31.4 Å². The van der Waals surface area contributed by atoms with Crippen LogP contribution in [0.4, 0.5) is 17.1 Å². The number of hydrogen-bond donors (Lipinski definition) is 1. The first kappa shape index (κ1) is 18.1. The average molecular weight is 352 g/mol. The molecule has 2 N–H and O–H groups in total. The molecule has 0 bridgehead atoms. The molecule has 2 aliphatic rings. The van der Waals surface area contributed by atoms with Gasteiger partial charge in [-0.3, -0.25) is 4.79 Å². The third-order valence-electron chi connectivity index (χ3n) is 5.16. The molecule has 138 valence electrons. The summed E-state index contributed by atoms with van der Waals surface area (Å²) < 4.78 is 0. The molecular weight excluding hydrogens is 324 g/mol. The Morgan fingerprint density at radius 2 is 1.69 bits per heavy atom. The minimum Gasteiger partial charge on any atom is -0.397 e. The van der Waals surface area contributed by atoms with Crippen molar-refractivity contribution in [2.24, 2.45) is 0 Å². The van der Waals surface area contributed by atoms with Crippen molar-refractivity contribution < 1.29 is 4.79 Å². The summed E-state index contributed by atoms with van der Waals surface area (Å²) in [5.74, 6) is 0.0228. The summed E-state index contributed by atoms with van der Waals surface area (Å²) in [7, 11) is 0. The van der Waals surface area contributed by atoms with Crippen LogP contribution in [0.3, 0.4) is 0 Å². The molecule has 0 saturated carbocycles. The number of carbonyl (C=O) groups is 1. The molecule has 0 unspecified atom stereocenters. The molecule has 1 aromatic carbocycles. The highest BCUT2D eigenvalue weighted by molar-refractivity contribution is 5.96. The highest BCUT2D eigenvalue weighted by atomic mass is 16.2. The van der Waals surface area contributed by atoms with E-state index < -0.39 is 0 Å². The molecule has 2 aliphatic heterocycles. The summed E-state index contributed by atoms with van der Waals surface area (Å²) in [6, 6.07) is 6.28. The van der Waals surface area contributed by atoms with Crippen LogP contribution in [0, 0.1) is 0 Å². The quantitative estimate of drug-likeness (QED) is 0.503. The molecule has 1 aromatic rings. The second-order valence-corrected chi connectivity index (χ2v) is 6.78. The van der Waals surface area contributed by atoms with E-state index in [2.05, 4.69) is 35.1 Å². The van der Waals surface area contributed by atoms with Crippen LogP contribution < -0.4 is 15.5 Å². The summed E-state index contributed by atoms with van der Waals surface area (Å²) in [4.78, 5) is 19.1. The molecule has 0 aliphatic carbocycles. The topological polar surface area (TPSA) is 52.8 Å². The van der Waals surface area contributed by atoms with E-state index in [-0.39, 0.29) is 5.91 Å². The lowest BCUT2D eigenvalue weighted by Crippen LogP contribution is -2.49. The van der Waals surface area contributed by atoms with Crippen molar-refractivity contribution >= 4 is 23.0 Å². The number of nitrogen functional groups attached to an aromatic ring is 1. The van der Waals surface area contributed by atoms with Crippen molar-refractivity contribution in [1.29, 1.82) is 0 Å². The van der Waals surface area contributed by atoms with E-state index in [1.807, 2.05) is 11.0 Å². The molecule has 2 fully saturated rings. The molecular formula is C21H28N4O.